The van der Waals surface area contributed by atoms with Crippen LogP contribution in [0.5, 0.6) is 5.75 Å². The lowest BCUT2D eigenvalue weighted by molar-refractivity contribution is 0.0591. The SMILES string of the molecule is CN1C(=O)c2c(O)c(=O)c(C(=O)NCc3ccc(Cl)cc3F)cn2N2CCCC[C@@H]12. The molecular weight excluding hydrogens is 415 g/mol. The first kappa shape index (κ1) is 20.2. The molecule has 1 atom stereocenters. The zero-order valence-electron chi connectivity index (χ0n) is 16.2. The lowest BCUT2D eigenvalue weighted by Gasteiger charge is -2.47. The minimum atomic E-state index is -0.951. The lowest BCUT2D eigenvalue weighted by Crippen LogP contribution is -2.61. The van der Waals surface area contributed by atoms with Gasteiger partial charge in [0.25, 0.3) is 11.8 Å². The lowest BCUT2D eigenvalue weighted by atomic mass is 10.1. The summed E-state index contributed by atoms with van der Waals surface area (Å²) in [4.78, 5) is 39.5. The number of piperidine rings is 1. The first-order valence-corrected chi connectivity index (χ1v) is 9.92. The summed E-state index contributed by atoms with van der Waals surface area (Å²) in [5.41, 5.74) is -1.25. The van der Waals surface area contributed by atoms with Crippen molar-refractivity contribution in [3.8, 4) is 5.75 Å². The first-order chi connectivity index (χ1) is 14.3. The summed E-state index contributed by atoms with van der Waals surface area (Å²) in [7, 11) is 1.63. The molecule has 2 aliphatic rings. The number of amides is 2. The fourth-order valence-corrected chi connectivity index (χ4v) is 4.09. The van der Waals surface area contributed by atoms with E-state index < -0.39 is 28.8 Å². The predicted molar refractivity (Wildman–Crippen MR) is 108 cm³/mol. The van der Waals surface area contributed by atoms with Crippen LogP contribution in [0.3, 0.4) is 0 Å². The number of halogens is 2. The maximum atomic E-state index is 13.9. The molecule has 2 N–H and O–H groups in total. The van der Waals surface area contributed by atoms with Crippen molar-refractivity contribution < 1.29 is 19.1 Å². The Morgan fingerprint density at radius 3 is 2.83 bits per heavy atom. The van der Waals surface area contributed by atoms with Crippen molar-refractivity contribution in [1.29, 1.82) is 0 Å². The highest BCUT2D eigenvalue weighted by Gasteiger charge is 2.39. The molecule has 0 bridgehead atoms. The molecule has 0 unspecified atom stereocenters. The molecule has 158 valence electrons. The van der Waals surface area contributed by atoms with E-state index >= 15 is 0 Å². The summed E-state index contributed by atoms with van der Waals surface area (Å²) in [6, 6.07) is 4.05. The molecule has 1 aromatic heterocycles. The topological polar surface area (TPSA) is 94.9 Å². The van der Waals surface area contributed by atoms with Gasteiger partial charge in [-0.05, 0) is 31.4 Å². The molecular formula is C20H20ClFN4O4. The zero-order chi connectivity index (χ0) is 21.6. The molecule has 0 saturated carbocycles. The van der Waals surface area contributed by atoms with Crippen molar-refractivity contribution in [2.24, 2.45) is 0 Å². The number of aromatic nitrogens is 1. The van der Waals surface area contributed by atoms with Crippen LogP contribution < -0.4 is 15.8 Å². The average molecular weight is 435 g/mol. The number of hydrogen-bond acceptors (Lipinski definition) is 5. The fourth-order valence-electron chi connectivity index (χ4n) is 3.93. The van der Waals surface area contributed by atoms with E-state index in [1.54, 1.807) is 7.05 Å². The van der Waals surface area contributed by atoms with Crippen LogP contribution >= 0.6 is 11.6 Å². The van der Waals surface area contributed by atoms with Gasteiger partial charge in [0.1, 0.15) is 17.5 Å². The van der Waals surface area contributed by atoms with E-state index in [0.29, 0.717) is 6.54 Å². The predicted octanol–water partition coefficient (Wildman–Crippen LogP) is 1.81. The number of carbonyl (C=O) groups is 2. The van der Waals surface area contributed by atoms with Crippen molar-refractivity contribution in [2.45, 2.75) is 32.0 Å². The monoisotopic (exact) mass is 434 g/mol. The number of benzene rings is 1. The number of rotatable bonds is 3. The molecule has 0 radical (unpaired) electrons. The fraction of sp³-hybridized carbons (Fsp3) is 0.350. The molecule has 1 aromatic carbocycles. The van der Waals surface area contributed by atoms with Crippen LogP contribution in [0.1, 0.15) is 45.7 Å². The van der Waals surface area contributed by atoms with Crippen molar-refractivity contribution >= 4 is 23.4 Å². The number of fused-ring (bicyclic) bond motifs is 3. The maximum Gasteiger partial charge on any atom is 0.277 e. The molecule has 4 rings (SSSR count). The van der Waals surface area contributed by atoms with E-state index in [4.69, 9.17) is 11.6 Å². The van der Waals surface area contributed by atoms with E-state index in [-0.39, 0.29) is 34.6 Å². The number of pyridine rings is 1. The Balaban J connectivity index is 1.68. The molecule has 1 saturated heterocycles. The van der Waals surface area contributed by atoms with Gasteiger partial charge in [0.15, 0.2) is 11.4 Å². The Morgan fingerprint density at radius 2 is 2.10 bits per heavy atom. The first-order valence-electron chi connectivity index (χ1n) is 9.54. The number of aromatic hydroxyl groups is 1. The normalized spacial score (nSPS) is 18.1. The van der Waals surface area contributed by atoms with E-state index in [2.05, 4.69) is 5.32 Å². The third-order valence-electron chi connectivity index (χ3n) is 5.55. The van der Waals surface area contributed by atoms with Crippen LogP contribution in [0.2, 0.25) is 5.02 Å². The highest BCUT2D eigenvalue weighted by atomic mass is 35.5. The molecule has 0 aliphatic carbocycles. The van der Waals surface area contributed by atoms with Crippen LogP contribution in [0.25, 0.3) is 0 Å². The summed E-state index contributed by atoms with van der Waals surface area (Å²) in [5, 5.41) is 15.0. The molecule has 2 aliphatic heterocycles. The van der Waals surface area contributed by atoms with Gasteiger partial charge in [-0.2, -0.15) is 0 Å². The van der Waals surface area contributed by atoms with Crippen LogP contribution in [-0.2, 0) is 6.54 Å². The van der Waals surface area contributed by atoms with Gasteiger partial charge in [0, 0.05) is 36.9 Å². The van der Waals surface area contributed by atoms with E-state index in [1.807, 2.05) is 5.01 Å². The standard InChI is InChI=1S/C20H20ClFN4O4/c1-24-15-4-2-3-7-25(15)26-10-13(17(27)18(28)16(26)20(24)30)19(29)23-9-11-5-6-12(21)8-14(11)22/h5-6,8,10,15,28H,2-4,7,9H2,1H3,(H,23,29)/t15-/m0/s1. The summed E-state index contributed by atoms with van der Waals surface area (Å²) in [5.74, 6) is -2.62. The van der Waals surface area contributed by atoms with Crippen LogP contribution in [0, 0.1) is 5.82 Å². The Morgan fingerprint density at radius 1 is 1.33 bits per heavy atom. The minimum Gasteiger partial charge on any atom is -0.502 e. The summed E-state index contributed by atoms with van der Waals surface area (Å²) < 4.78 is 15.4. The van der Waals surface area contributed by atoms with Crippen LogP contribution in [0.4, 0.5) is 4.39 Å². The number of hydrogen-bond donors (Lipinski definition) is 2. The molecule has 1 fully saturated rings. The van der Waals surface area contributed by atoms with Crippen LogP contribution in [-0.4, -0.2) is 46.3 Å². The van der Waals surface area contributed by atoms with Crippen molar-refractivity contribution in [2.75, 3.05) is 18.6 Å². The van der Waals surface area contributed by atoms with E-state index in [0.717, 1.165) is 25.3 Å². The van der Waals surface area contributed by atoms with Gasteiger partial charge >= 0.3 is 0 Å². The van der Waals surface area contributed by atoms with Gasteiger partial charge in [0.05, 0.1) is 0 Å². The zero-order valence-corrected chi connectivity index (χ0v) is 16.9. The number of carbonyl (C=O) groups excluding carboxylic acids is 2. The van der Waals surface area contributed by atoms with Crippen molar-refractivity contribution in [3.05, 3.63) is 62.3 Å². The van der Waals surface area contributed by atoms with Gasteiger partial charge in [-0.3, -0.25) is 24.1 Å². The second-order valence-corrected chi connectivity index (χ2v) is 7.82. The summed E-state index contributed by atoms with van der Waals surface area (Å²) in [6.07, 6.45) is 3.61. The highest BCUT2D eigenvalue weighted by Crippen LogP contribution is 2.28. The van der Waals surface area contributed by atoms with E-state index in [1.165, 1.54) is 27.9 Å². The quantitative estimate of drug-likeness (QED) is 0.768. The maximum absolute atomic E-state index is 13.9. The molecule has 10 heteroatoms. The van der Waals surface area contributed by atoms with Gasteiger partial charge in [-0.25, -0.2) is 4.39 Å². The molecule has 8 nitrogen and oxygen atoms in total. The van der Waals surface area contributed by atoms with Gasteiger partial charge < -0.3 is 15.3 Å². The summed E-state index contributed by atoms with van der Waals surface area (Å²) in [6.45, 7) is 0.437. The van der Waals surface area contributed by atoms with Gasteiger partial charge in [-0.15, -0.1) is 0 Å². The largest absolute Gasteiger partial charge is 0.502 e. The molecule has 0 spiro atoms. The highest BCUT2D eigenvalue weighted by molar-refractivity contribution is 6.30. The number of nitrogens with one attached hydrogen (secondary N) is 1. The van der Waals surface area contributed by atoms with E-state index in [9.17, 15) is 23.9 Å². The average Bonchev–Trinajstić information content (AvgIpc) is 2.73. The third-order valence-corrected chi connectivity index (χ3v) is 5.79. The molecule has 2 aromatic rings. The van der Waals surface area contributed by atoms with Gasteiger partial charge in [-0.1, -0.05) is 17.7 Å². The smallest absolute Gasteiger partial charge is 0.277 e. The molecule has 2 amide bonds. The molecule has 30 heavy (non-hydrogen) atoms. The number of nitrogens with zero attached hydrogens (tertiary/aromatic N) is 3. The minimum absolute atomic E-state index is 0.166. The Bertz CT molecular complexity index is 1100. The molecule has 3 heterocycles. The Hall–Kier alpha value is -3.07. The summed E-state index contributed by atoms with van der Waals surface area (Å²) >= 11 is 5.72. The Kier molecular flexibility index (Phi) is 5.15. The van der Waals surface area contributed by atoms with Crippen molar-refractivity contribution in [3.63, 3.8) is 0 Å². The van der Waals surface area contributed by atoms with Crippen LogP contribution in [0.15, 0.2) is 29.2 Å². The van der Waals surface area contributed by atoms with Crippen molar-refractivity contribution in [1.82, 2.24) is 14.9 Å². The third kappa shape index (κ3) is 3.28. The van der Waals surface area contributed by atoms with Gasteiger partial charge in [0.2, 0.25) is 5.43 Å². The second kappa shape index (κ2) is 7.64. The second-order valence-electron chi connectivity index (χ2n) is 7.39. The Labute approximate surface area is 176 Å².